The number of benzene rings is 5. The van der Waals surface area contributed by atoms with Crippen LogP contribution >= 0.6 is 11.6 Å². The molecule has 38 heavy (non-hydrogen) atoms. The van der Waals surface area contributed by atoms with Crippen LogP contribution in [0.2, 0.25) is 5.02 Å². The van der Waals surface area contributed by atoms with Crippen LogP contribution in [0.3, 0.4) is 0 Å². The van der Waals surface area contributed by atoms with Crippen molar-refractivity contribution in [3.8, 4) is 11.1 Å². The van der Waals surface area contributed by atoms with Gasteiger partial charge in [-0.25, -0.2) is 9.98 Å². The molecule has 0 saturated heterocycles. The van der Waals surface area contributed by atoms with E-state index in [9.17, 15) is 0 Å². The van der Waals surface area contributed by atoms with Crippen molar-refractivity contribution in [2.75, 3.05) is 0 Å². The van der Waals surface area contributed by atoms with Gasteiger partial charge in [-0.1, -0.05) is 121 Å². The Morgan fingerprint density at radius 1 is 0.579 bits per heavy atom. The lowest BCUT2D eigenvalue weighted by atomic mass is 10.0. The van der Waals surface area contributed by atoms with Crippen molar-refractivity contribution < 1.29 is 4.42 Å². The largest absolute Gasteiger partial charge is 0.454 e. The quantitative estimate of drug-likeness (QED) is 0.258. The van der Waals surface area contributed by atoms with E-state index in [-0.39, 0.29) is 0 Å². The molecular weight excluding hydrogens is 490 g/mol. The van der Waals surface area contributed by atoms with Crippen LogP contribution in [0.1, 0.15) is 22.9 Å². The van der Waals surface area contributed by atoms with Gasteiger partial charge < -0.3 is 9.73 Å². The van der Waals surface area contributed by atoms with Crippen LogP contribution < -0.4 is 5.32 Å². The minimum absolute atomic E-state index is 0.476. The second kappa shape index (κ2) is 9.33. The smallest absolute Gasteiger partial charge is 0.170 e. The van der Waals surface area contributed by atoms with Crippen molar-refractivity contribution in [2.45, 2.75) is 6.17 Å². The number of furan rings is 1. The number of aliphatic imine (C=N–C) groups is 2. The lowest BCUT2D eigenvalue weighted by molar-refractivity contribution is 0.668. The van der Waals surface area contributed by atoms with Gasteiger partial charge in [-0.3, -0.25) is 0 Å². The summed E-state index contributed by atoms with van der Waals surface area (Å²) in [5.74, 6) is 1.53. The van der Waals surface area contributed by atoms with Gasteiger partial charge in [0.2, 0.25) is 0 Å². The van der Waals surface area contributed by atoms with E-state index in [0.717, 1.165) is 50.3 Å². The van der Waals surface area contributed by atoms with E-state index in [2.05, 4.69) is 72.0 Å². The van der Waals surface area contributed by atoms with Gasteiger partial charge in [-0.2, -0.15) is 0 Å². The Kier molecular flexibility index (Phi) is 5.53. The Morgan fingerprint density at radius 3 is 1.84 bits per heavy atom. The molecule has 1 aliphatic heterocycles. The molecule has 1 aliphatic rings. The van der Waals surface area contributed by atoms with Gasteiger partial charge in [-0.15, -0.1) is 0 Å². The van der Waals surface area contributed by atoms with Crippen LogP contribution in [0.5, 0.6) is 0 Å². The number of nitrogens with zero attached hydrogens (tertiary/aromatic N) is 2. The summed E-state index contributed by atoms with van der Waals surface area (Å²) in [5, 5.41) is 6.00. The van der Waals surface area contributed by atoms with E-state index >= 15 is 0 Å². The number of nitrogens with one attached hydrogen (secondary N) is 1. The topological polar surface area (TPSA) is 49.9 Å². The SMILES string of the molecule is Clc1ccc(C2N=C(c3ccccc3)NC(c3ccc(-c4ccccc4)cc3)=N2)c2c1oc1ccccc12. The summed E-state index contributed by atoms with van der Waals surface area (Å²) >= 11 is 6.58. The third kappa shape index (κ3) is 3.96. The maximum Gasteiger partial charge on any atom is 0.170 e. The molecule has 1 unspecified atom stereocenters. The van der Waals surface area contributed by atoms with Crippen molar-refractivity contribution in [2.24, 2.45) is 9.98 Å². The van der Waals surface area contributed by atoms with Crippen LogP contribution in [-0.2, 0) is 0 Å². The van der Waals surface area contributed by atoms with Gasteiger partial charge in [-0.05, 0) is 23.3 Å². The molecule has 1 N–H and O–H groups in total. The molecule has 0 radical (unpaired) electrons. The number of halogens is 1. The summed E-state index contributed by atoms with van der Waals surface area (Å²) in [6.45, 7) is 0. The molecule has 182 valence electrons. The fraction of sp³-hybridized carbons (Fsp3) is 0.0303. The first kappa shape index (κ1) is 22.5. The standard InChI is InChI=1S/C33H22ClN3O/c34-27-20-19-26(29-25-13-7-8-14-28(25)38-30(27)29)33-36-31(23-11-5-2-6-12-23)35-32(37-33)24-17-15-22(16-18-24)21-9-3-1-4-10-21/h1-20,33H,(H,35,36,37). The fourth-order valence-electron chi connectivity index (χ4n) is 4.97. The first-order valence-electron chi connectivity index (χ1n) is 12.5. The molecule has 0 saturated carbocycles. The number of hydrogen-bond donors (Lipinski definition) is 1. The minimum Gasteiger partial charge on any atom is -0.454 e. The second-order valence-electron chi connectivity index (χ2n) is 9.20. The van der Waals surface area contributed by atoms with E-state index < -0.39 is 6.17 Å². The van der Waals surface area contributed by atoms with E-state index in [1.165, 1.54) is 5.56 Å². The van der Waals surface area contributed by atoms with Gasteiger partial charge in [0.05, 0.1) is 5.02 Å². The summed E-state index contributed by atoms with van der Waals surface area (Å²) in [4.78, 5) is 10.2. The molecular formula is C33H22ClN3O. The zero-order valence-corrected chi connectivity index (χ0v) is 21.1. The highest BCUT2D eigenvalue weighted by Gasteiger charge is 2.25. The molecule has 6 aromatic rings. The van der Waals surface area contributed by atoms with Crippen molar-refractivity contribution in [1.29, 1.82) is 0 Å². The number of amidine groups is 2. The lowest BCUT2D eigenvalue weighted by Crippen LogP contribution is -2.36. The molecule has 1 atom stereocenters. The summed E-state index contributed by atoms with van der Waals surface area (Å²) < 4.78 is 6.15. The average Bonchev–Trinajstić information content (AvgIpc) is 3.39. The molecule has 7 rings (SSSR count). The Hall–Kier alpha value is -4.67. The van der Waals surface area contributed by atoms with E-state index in [1.807, 2.05) is 54.6 Å². The van der Waals surface area contributed by atoms with Gasteiger partial charge in [0, 0.05) is 27.5 Å². The first-order chi connectivity index (χ1) is 18.7. The summed E-state index contributed by atoms with van der Waals surface area (Å²) in [5.41, 5.74) is 6.71. The lowest BCUT2D eigenvalue weighted by Gasteiger charge is -2.23. The predicted molar refractivity (Wildman–Crippen MR) is 156 cm³/mol. The highest BCUT2D eigenvalue weighted by Crippen LogP contribution is 2.40. The second-order valence-corrected chi connectivity index (χ2v) is 9.61. The molecule has 0 spiro atoms. The minimum atomic E-state index is -0.476. The normalized spacial score (nSPS) is 15.2. The van der Waals surface area contributed by atoms with Crippen LogP contribution in [0.25, 0.3) is 33.1 Å². The highest BCUT2D eigenvalue weighted by molar-refractivity contribution is 6.36. The average molecular weight is 512 g/mol. The maximum absolute atomic E-state index is 6.58. The van der Waals surface area contributed by atoms with Crippen LogP contribution in [0, 0.1) is 0 Å². The van der Waals surface area contributed by atoms with Gasteiger partial charge in [0.1, 0.15) is 17.3 Å². The third-order valence-corrected chi connectivity index (χ3v) is 7.14. The monoisotopic (exact) mass is 511 g/mol. The van der Waals surface area contributed by atoms with Crippen molar-refractivity contribution in [3.05, 3.63) is 143 Å². The van der Waals surface area contributed by atoms with Crippen molar-refractivity contribution in [3.63, 3.8) is 0 Å². The molecule has 0 amide bonds. The van der Waals surface area contributed by atoms with Gasteiger partial charge >= 0.3 is 0 Å². The number of rotatable bonds is 4. The zero-order valence-electron chi connectivity index (χ0n) is 20.3. The van der Waals surface area contributed by atoms with E-state index in [1.54, 1.807) is 0 Å². The Morgan fingerprint density at radius 2 is 1.13 bits per heavy atom. The summed E-state index contributed by atoms with van der Waals surface area (Å²) in [6, 6.07) is 40.8. The fourth-order valence-corrected chi connectivity index (χ4v) is 5.16. The van der Waals surface area contributed by atoms with Crippen molar-refractivity contribution >= 4 is 45.2 Å². The van der Waals surface area contributed by atoms with Crippen LogP contribution in [0.4, 0.5) is 0 Å². The molecule has 0 bridgehead atoms. The molecule has 1 aromatic heterocycles. The van der Waals surface area contributed by atoms with Crippen molar-refractivity contribution in [1.82, 2.24) is 5.32 Å². The molecule has 0 aliphatic carbocycles. The number of fused-ring (bicyclic) bond motifs is 3. The summed E-state index contributed by atoms with van der Waals surface area (Å²) in [7, 11) is 0. The molecule has 4 nitrogen and oxygen atoms in total. The number of para-hydroxylation sites is 1. The number of hydrogen-bond acceptors (Lipinski definition) is 4. The Bertz CT molecular complexity index is 1840. The van der Waals surface area contributed by atoms with E-state index in [4.69, 9.17) is 26.0 Å². The molecule has 5 heteroatoms. The zero-order chi connectivity index (χ0) is 25.5. The van der Waals surface area contributed by atoms with Gasteiger partial charge in [0.15, 0.2) is 11.7 Å². The highest BCUT2D eigenvalue weighted by atomic mass is 35.5. The third-order valence-electron chi connectivity index (χ3n) is 6.84. The van der Waals surface area contributed by atoms with Crippen LogP contribution in [0.15, 0.2) is 136 Å². The molecule has 2 heterocycles. The van der Waals surface area contributed by atoms with Gasteiger partial charge in [0.25, 0.3) is 0 Å². The molecule has 5 aromatic carbocycles. The summed E-state index contributed by atoms with van der Waals surface area (Å²) in [6.07, 6.45) is -0.476. The maximum atomic E-state index is 6.58. The van der Waals surface area contributed by atoms with E-state index in [0.29, 0.717) is 10.6 Å². The first-order valence-corrected chi connectivity index (χ1v) is 12.9. The predicted octanol–water partition coefficient (Wildman–Crippen LogP) is 8.40. The Balaban J connectivity index is 1.38. The molecule has 0 fully saturated rings. The van der Waals surface area contributed by atoms with Crippen LogP contribution in [-0.4, -0.2) is 11.7 Å². The Labute approximate surface area is 224 Å².